The largest absolute Gasteiger partial charge is 0.243 e. The van der Waals surface area contributed by atoms with Crippen molar-refractivity contribution in [2.75, 3.05) is 13.1 Å². The smallest absolute Gasteiger partial charge is 0.207 e. The Morgan fingerprint density at radius 3 is 2.40 bits per heavy atom. The van der Waals surface area contributed by atoms with Gasteiger partial charge in [0.2, 0.25) is 10.0 Å². The van der Waals surface area contributed by atoms with Crippen molar-refractivity contribution >= 4 is 10.0 Å². The van der Waals surface area contributed by atoms with E-state index in [2.05, 4.69) is 13.0 Å². The second-order valence-corrected chi connectivity index (χ2v) is 7.13. The Labute approximate surface area is 121 Å². The van der Waals surface area contributed by atoms with Gasteiger partial charge in [-0.05, 0) is 38.8 Å². The number of hydrogen-bond acceptors (Lipinski definition) is 2. The second kappa shape index (κ2) is 6.37. The summed E-state index contributed by atoms with van der Waals surface area (Å²) >= 11 is 0. The average molecular weight is 291 g/mol. The Bertz CT molecular complexity index is 612. The summed E-state index contributed by atoms with van der Waals surface area (Å²) < 4.78 is 26.8. The van der Waals surface area contributed by atoms with Crippen molar-refractivity contribution in [1.82, 2.24) is 4.31 Å². The van der Waals surface area contributed by atoms with Gasteiger partial charge in [-0.25, -0.2) is 8.42 Å². The standard InChI is InChI=1S/C16H21NO2S/c1-14-6-4-3-5-12-17(13-11-14)20(18,19)16-9-7-15(2)8-10-16/h3,5,7-11H,4,6,12-13H2,1-2H3/b5-3+,14-11-. The number of rotatable bonds is 2. The molecule has 1 heterocycles. The normalized spacial score (nSPS) is 22.2. The highest BCUT2D eigenvalue weighted by Crippen LogP contribution is 2.18. The number of benzene rings is 1. The molecule has 0 aromatic heterocycles. The zero-order chi connectivity index (χ0) is 14.6. The zero-order valence-electron chi connectivity index (χ0n) is 12.0. The molecule has 0 radical (unpaired) electrons. The van der Waals surface area contributed by atoms with E-state index in [4.69, 9.17) is 0 Å². The lowest BCUT2D eigenvalue weighted by Crippen LogP contribution is -2.31. The van der Waals surface area contributed by atoms with E-state index in [1.54, 1.807) is 12.1 Å². The molecule has 0 aliphatic carbocycles. The first-order chi connectivity index (χ1) is 9.50. The summed E-state index contributed by atoms with van der Waals surface area (Å²) in [6.45, 7) is 4.87. The minimum Gasteiger partial charge on any atom is -0.207 e. The predicted molar refractivity (Wildman–Crippen MR) is 82.1 cm³/mol. The fourth-order valence-electron chi connectivity index (χ4n) is 2.11. The fraction of sp³-hybridized carbons (Fsp3) is 0.375. The molecule has 0 fully saturated rings. The molecule has 0 bridgehead atoms. The Kier molecular flexibility index (Phi) is 4.78. The molecule has 0 unspecified atom stereocenters. The first kappa shape index (κ1) is 15.0. The third kappa shape index (κ3) is 3.58. The lowest BCUT2D eigenvalue weighted by atomic mass is 10.1. The lowest BCUT2D eigenvalue weighted by Gasteiger charge is -2.19. The van der Waals surface area contributed by atoms with E-state index >= 15 is 0 Å². The molecular weight excluding hydrogens is 270 g/mol. The summed E-state index contributed by atoms with van der Waals surface area (Å²) in [5.41, 5.74) is 2.30. The first-order valence-corrected chi connectivity index (χ1v) is 8.31. The van der Waals surface area contributed by atoms with Gasteiger partial charge in [0.1, 0.15) is 0 Å². The average Bonchev–Trinajstić information content (AvgIpc) is 2.51. The monoisotopic (exact) mass is 291 g/mol. The van der Waals surface area contributed by atoms with E-state index in [0.717, 1.165) is 18.4 Å². The number of hydrogen-bond donors (Lipinski definition) is 0. The van der Waals surface area contributed by atoms with E-state index in [0.29, 0.717) is 18.0 Å². The van der Waals surface area contributed by atoms with E-state index in [1.807, 2.05) is 31.2 Å². The Morgan fingerprint density at radius 2 is 1.70 bits per heavy atom. The van der Waals surface area contributed by atoms with E-state index in [9.17, 15) is 8.42 Å². The second-order valence-electron chi connectivity index (χ2n) is 5.20. The maximum absolute atomic E-state index is 12.6. The van der Waals surface area contributed by atoms with E-state index in [1.165, 1.54) is 9.88 Å². The van der Waals surface area contributed by atoms with Gasteiger partial charge in [0, 0.05) is 13.1 Å². The summed E-state index contributed by atoms with van der Waals surface area (Å²) in [6, 6.07) is 7.02. The van der Waals surface area contributed by atoms with Crippen molar-refractivity contribution in [2.45, 2.75) is 31.6 Å². The summed E-state index contributed by atoms with van der Waals surface area (Å²) in [5, 5.41) is 0. The molecule has 1 aliphatic heterocycles. The summed E-state index contributed by atoms with van der Waals surface area (Å²) in [7, 11) is -3.42. The van der Waals surface area contributed by atoms with Crippen molar-refractivity contribution in [3.63, 3.8) is 0 Å². The molecule has 0 atom stereocenters. The lowest BCUT2D eigenvalue weighted by molar-refractivity contribution is 0.473. The quantitative estimate of drug-likeness (QED) is 0.784. The third-order valence-electron chi connectivity index (χ3n) is 3.48. The molecule has 3 nitrogen and oxygen atoms in total. The highest BCUT2D eigenvalue weighted by atomic mass is 32.2. The third-order valence-corrected chi connectivity index (χ3v) is 5.33. The number of allylic oxidation sites excluding steroid dienone is 2. The van der Waals surface area contributed by atoms with Gasteiger partial charge < -0.3 is 0 Å². The van der Waals surface area contributed by atoms with Crippen molar-refractivity contribution < 1.29 is 8.42 Å². The molecule has 0 N–H and O–H groups in total. The molecule has 1 aliphatic rings. The molecule has 2 rings (SSSR count). The van der Waals surface area contributed by atoms with E-state index in [-0.39, 0.29) is 0 Å². The van der Waals surface area contributed by atoms with Gasteiger partial charge in [0.15, 0.2) is 0 Å². The molecule has 108 valence electrons. The molecule has 20 heavy (non-hydrogen) atoms. The van der Waals surface area contributed by atoms with Crippen LogP contribution in [0, 0.1) is 6.92 Å². The van der Waals surface area contributed by atoms with Crippen LogP contribution in [0.25, 0.3) is 0 Å². The molecule has 1 aromatic rings. The van der Waals surface area contributed by atoms with Gasteiger partial charge in [-0.2, -0.15) is 4.31 Å². The van der Waals surface area contributed by atoms with Crippen LogP contribution in [0.4, 0.5) is 0 Å². The van der Waals surface area contributed by atoms with E-state index < -0.39 is 10.0 Å². The molecule has 0 saturated heterocycles. The fourth-order valence-corrected chi connectivity index (χ4v) is 3.44. The highest BCUT2D eigenvalue weighted by molar-refractivity contribution is 7.89. The number of sulfonamides is 1. The van der Waals surface area contributed by atoms with Crippen LogP contribution in [0.5, 0.6) is 0 Å². The van der Waals surface area contributed by atoms with Gasteiger partial charge in [-0.3, -0.25) is 0 Å². The predicted octanol–water partition coefficient (Wildman–Crippen LogP) is 3.28. The molecule has 0 spiro atoms. The van der Waals surface area contributed by atoms with Gasteiger partial charge in [-0.1, -0.05) is 41.5 Å². The Hall–Kier alpha value is -1.39. The van der Waals surface area contributed by atoms with Gasteiger partial charge in [0.05, 0.1) is 4.90 Å². The maximum Gasteiger partial charge on any atom is 0.243 e. The van der Waals surface area contributed by atoms with Crippen LogP contribution >= 0.6 is 0 Å². The molecular formula is C16H21NO2S. The highest BCUT2D eigenvalue weighted by Gasteiger charge is 2.22. The van der Waals surface area contributed by atoms with Crippen molar-refractivity contribution in [1.29, 1.82) is 0 Å². The van der Waals surface area contributed by atoms with Crippen LogP contribution in [0.15, 0.2) is 53.0 Å². The van der Waals surface area contributed by atoms with Crippen LogP contribution < -0.4 is 0 Å². The molecule has 0 saturated carbocycles. The molecule has 0 amide bonds. The van der Waals surface area contributed by atoms with Crippen LogP contribution in [-0.2, 0) is 10.0 Å². The first-order valence-electron chi connectivity index (χ1n) is 6.87. The van der Waals surface area contributed by atoms with Crippen molar-refractivity contribution in [2.24, 2.45) is 0 Å². The van der Waals surface area contributed by atoms with Gasteiger partial charge >= 0.3 is 0 Å². The number of nitrogens with zero attached hydrogens (tertiary/aromatic N) is 1. The van der Waals surface area contributed by atoms with Crippen molar-refractivity contribution in [3.8, 4) is 0 Å². The minimum absolute atomic E-state index is 0.363. The molecule has 4 heteroatoms. The molecule has 1 aromatic carbocycles. The summed E-state index contributed by atoms with van der Waals surface area (Å²) in [6.07, 6.45) is 7.98. The summed E-state index contributed by atoms with van der Waals surface area (Å²) in [5.74, 6) is 0. The zero-order valence-corrected chi connectivity index (χ0v) is 12.9. The van der Waals surface area contributed by atoms with Crippen LogP contribution in [0.1, 0.15) is 25.3 Å². The minimum atomic E-state index is -3.42. The SMILES string of the molecule is C/C1=C/CN(S(=O)(=O)c2ccc(C)cc2)C/C=C/CC1. The number of aryl methyl sites for hydroxylation is 1. The summed E-state index contributed by atoms with van der Waals surface area (Å²) in [4.78, 5) is 0.363. The van der Waals surface area contributed by atoms with Crippen LogP contribution in [-0.4, -0.2) is 25.8 Å². The Balaban J connectivity index is 2.31. The topological polar surface area (TPSA) is 37.4 Å². The van der Waals surface area contributed by atoms with Gasteiger partial charge in [-0.15, -0.1) is 0 Å². The van der Waals surface area contributed by atoms with Crippen LogP contribution in [0.3, 0.4) is 0 Å². The maximum atomic E-state index is 12.6. The van der Waals surface area contributed by atoms with Crippen molar-refractivity contribution in [3.05, 3.63) is 53.6 Å². The van der Waals surface area contributed by atoms with Crippen LogP contribution in [0.2, 0.25) is 0 Å². The van der Waals surface area contributed by atoms with Gasteiger partial charge in [0.25, 0.3) is 0 Å². The Morgan fingerprint density at radius 1 is 1.00 bits per heavy atom.